The van der Waals surface area contributed by atoms with Gasteiger partial charge >= 0.3 is 0 Å². The zero-order chi connectivity index (χ0) is 27.1. The maximum atomic E-state index is 12.9. The number of ether oxygens (including phenoxy) is 1. The van der Waals surface area contributed by atoms with Crippen LogP contribution in [0.5, 0.6) is 5.75 Å². The van der Waals surface area contributed by atoms with E-state index in [1.165, 1.54) is 6.07 Å². The predicted molar refractivity (Wildman–Crippen MR) is 149 cm³/mol. The summed E-state index contributed by atoms with van der Waals surface area (Å²) >= 11 is 6.18. The largest absolute Gasteiger partial charge is 0.493 e. The Hall–Kier alpha value is -2.90. The molecule has 0 saturated heterocycles. The van der Waals surface area contributed by atoms with Crippen LogP contribution in [0.1, 0.15) is 37.5 Å². The summed E-state index contributed by atoms with van der Waals surface area (Å²) in [7, 11) is -5.36. The average Bonchev–Trinajstić information content (AvgIpc) is 2.83. The maximum absolute atomic E-state index is 12.9. The van der Waals surface area contributed by atoms with E-state index in [0.29, 0.717) is 35.8 Å². The quantitative estimate of drug-likeness (QED) is 0.334. The van der Waals surface area contributed by atoms with Crippen LogP contribution in [0.2, 0.25) is 5.02 Å². The lowest BCUT2D eigenvalue weighted by Crippen LogP contribution is -2.40. The molecule has 0 amide bonds. The summed E-state index contributed by atoms with van der Waals surface area (Å²) < 4.78 is 50.0. The van der Waals surface area contributed by atoms with Crippen molar-refractivity contribution >= 4 is 38.3 Å². The first kappa shape index (κ1) is 28.7. The maximum Gasteiger partial charge on any atom is 0.243 e. The monoisotopic (exact) mass is 559 g/mol. The molecule has 1 atom stereocenters. The van der Waals surface area contributed by atoms with Crippen LogP contribution in [-0.4, -0.2) is 30.5 Å². The number of anilines is 1. The van der Waals surface area contributed by atoms with Crippen LogP contribution in [0.25, 0.3) is 0 Å². The second kappa shape index (κ2) is 12.6. The zero-order valence-corrected chi connectivity index (χ0v) is 23.3. The molecule has 0 saturated carbocycles. The molecule has 0 heterocycles. The van der Waals surface area contributed by atoms with E-state index in [-0.39, 0.29) is 16.3 Å². The number of nitrogens with zero attached hydrogens (tertiary/aromatic N) is 1. The highest BCUT2D eigenvalue weighted by Gasteiger charge is 2.25. The molecule has 196 valence electrons. The Labute approximate surface area is 226 Å². The van der Waals surface area contributed by atoms with Gasteiger partial charge in [-0.05, 0) is 74.7 Å². The van der Waals surface area contributed by atoms with E-state index in [4.69, 9.17) is 21.6 Å². The van der Waals surface area contributed by atoms with Crippen molar-refractivity contribution in [2.45, 2.75) is 44.0 Å². The van der Waals surface area contributed by atoms with E-state index in [2.05, 4.69) is 15.5 Å². The Morgan fingerprint density at radius 2 is 1.73 bits per heavy atom. The lowest BCUT2D eigenvalue weighted by atomic mass is 10.1. The molecule has 7 nitrogen and oxygen atoms in total. The van der Waals surface area contributed by atoms with Gasteiger partial charge in [0.25, 0.3) is 0 Å². The smallest absolute Gasteiger partial charge is 0.243 e. The summed E-state index contributed by atoms with van der Waals surface area (Å²) in [6, 6.07) is 21.1. The summed E-state index contributed by atoms with van der Waals surface area (Å²) in [5, 5.41) is 9.46. The highest BCUT2D eigenvalue weighted by atomic mass is 35.5. The summed E-state index contributed by atoms with van der Waals surface area (Å²) in [5.41, 5.74) is 2.11. The summed E-state index contributed by atoms with van der Waals surface area (Å²) in [6.07, 6.45) is 1.08. The van der Waals surface area contributed by atoms with Crippen LogP contribution in [0.15, 0.2) is 71.6 Å². The first-order chi connectivity index (χ1) is 17.5. The molecule has 3 aromatic carbocycles. The van der Waals surface area contributed by atoms with Crippen molar-refractivity contribution in [2.24, 2.45) is 0 Å². The first-order valence-corrected chi connectivity index (χ1v) is 14.8. The van der Waals surface area contributed by atoms with Crippen molar-refractivity contribution < 1.29 is 17.4 Å². The van der Waals surface area contributed by atoms with Gasteiger partial charge in [-0.1, -0.05) is 41.9 Å². The minimum atomic E-state index is -3.81. The molecule has 10 heteroatoms. The normalized spacial score (nSPS) is 12.5. The van der Waals surface area contributed by atoms with Gasteiger partial charge in [0.2, 0.25) is 10.0 Å². The molecule has 3 rings (SSSR count). The van der Waals surface area contributed by atoms with E-state index in [9.17, 15) is 12.6 Å². The fourth-order valence-corrected chi connectivity index (χ4v) is 6.25. The molecule has 0 bridgehead atoms. The van der Waals surface area contributed by atoms with E-state index >= 15 is 0 Å². The molecule has 0 spiro atoms. The third kappa shape index (κ3) is 8.86. The highest BCUT2D eigenvalue weighted by Crippen LogP contribution is 2.26. The molecule has 0 radical (unpaired) electrons. The van der Waals surface area contributed by atoms with Gasteiger partial charge in [-0.25, -0.2) is 17.3 Å². The van der Waals surface area contributed by atoms with E-state index in [1.54, 1.807) is 63.2 Å². The van der Waals surface area contributed by atoms with Gasteiger partial charge in [0.05, 0.1) is 23.9 Å². The van der Waals surface area contributed by atoms with Crippen LogP contribution in [-0.2, 0) is 33.9 Å². The van der Waals surface area contributed by atoms with Gasteiger partial charge in [0.15, 0.2) is 0 Å². The topological polar surface area (TPSA) is 108 Å². The SMILES string of the molecule is CC(C)(C)NS(=O)(=O)c1ccccc1NS(=O)CCc1ccc(Cl)cc1OCCc1ccc(C#N)cc1. The molecule has 3 aromatic rings. The average molecular weight is 560 g/mol. The van der Waals surface area contributed by atoms with Crippen LogP contribution in [0, 0.1) is 11.3 Å². The number of halogens is 1. The van der Waals surface area contributed by atoms with Gasteiger partial charge in [-0.15, -0.1) is 0 Å². The van der Waals surface area contributed by atoms with Crippen LogP contribution in [0.4, 0.5) is 5.69 Å². The van der Waals surface area contributed by atoms with Crippen molar-refractivity contribution in [1.29, 1.82) is 5.26 Å². The third-order valence-electron chi connectivity index (χ3n) is 5.16. The highest BCUT2D eigenvalue weighted by molar-refractivity contribution is 7.90. The molecule has 0 aromatic heterocycles. The molecule has 37 heavy (non-hydrogen) atoms. The van der Waals surface area contributed by atoms with Crippen molar-refractivity contribution in [1.82, 2.24) is 4.72 Å². The number of para-hydroxylation sites is 1. The Kier molecular flexibility index (Phi) is 9.74. The number of hydrogen-bond donors (Lipinski definition) is 2. The number of benzene rings is 3. The van der Waals surface area contributed by atoms with Crippen LogP contribution in [0.3, 0.4) is 0 Å². The number of aryl methyl sites for hydroxylation is 1. The molecule has 2 N–H and O–H groups in total. The minimum Gasteiger partial charge on any atom is -0.493 e. The Morgan fingerprint density at radius 3 is 2.41 bits per heavy atom. The van der Waals surface area contributed by atoms with E-state index in [0.717, 1.165) is 11.1 Å². The Bertz CT molecular complexity index is 1400. The molecule has 0 aliphatic rings. The summed E-state index contributed by atoms with van der Waals surface area (Å²) in [4.78, 5) is 0.0385. The molecule has 1 unspecified atom stereocenters. The summed E-state index contributed by atoms with van der Waals surface area (Å²) in [6.45, 7) is 5.69. The van der Waals surface area contributed by atoms with Gasteiger partial charge in [0.1, 0.15) is 21.6 Å². The summed E-state index contributed by atoms with van der Waals surface area (Å²) in [5.74, 6) is 0.838. The Balaban J connectivity index is 1.64. The van der Waals surface area contributed by atoms with Crippen molar-refractivity contribution in [3.05, 3.63) is 88.4 Å². The number of rotatable bonds is 11. The second-order valence-corrected chi connectivity index (χ2v) is 12.8. The van der Waals surface area contributed by atoms with Gasteiger partial charge in [-0.3, -0.25) is 0 Å². The fraction of sp³-hybridized carbons (Fsp3) is 0.296. The van der Waals surface area contributed by atoms with E-state index in [1.807, 2.05) is 18.2 Å². The van der Waals surface area contributed by atoms with Crippen molar-refractivity contribution in [3.8, 4) is 11.8 Å². The molecule has 0 aliphatic carbocycles. The number of hydrogen-bond acceptors (Lipinski definition) is 5. The minimum absolute atomic E-state index is 0.0385. The lowest BCUT2D eigenvalue weighted by molar-refractivity contribution is 0.319. The lowest BCUT2D eigenvalue weighted by Gasteiger charge is -2.21. The molecule has 0 aliphatic heterocycles. The molecular formula is C27H30ClN3O4S2. The van der Waals surface area contributed by atoms with Gasteiger partial charge in [-0.2, -0.15) is 5.26 Å². The number of nitriles is 1. The van der Waals surface area contributed by atoms with Crippen LogP contribution < -0.4 is 14.2 Å². The number of nitrogens with one attached hydrogen (secondary N) is 2. The first-order valence-electron chi connectivity index (χ1n) is 11.7. The zero-order valence-electron chi connectivity index (χ0n) is 21.0. The molecule has 0 fully saturated rings. The standard InChI is InChI=1S/C27H30ClN3O4S2/c1-27(2,3)31-37(33,34)26-7-5-4-6-24(26)30-36(32)17-15-22-12-13-23(28)18-25(22)35-16-14-20-8-10-21(19-29)11-9-20/h4-13,18,30-31H,14-17H2,1-3H3. The van der Waals surface area contributed by atoms with Crippen molar-refractivity contribution in [3.63, 3.8) is 0 Å². The van der Waals surface area contributed by atoms with E-state index < -0.39 is 26.5 Å². The Morgan fingerprint density at radius 1 is 1.03 bits per heavy atom. The fourth-order valence-electron chi connectivity index (χ4n) is 3.51. The number of sulfonamides is 1. The predicted octanol–water partition coefficient (Wildman–Crippen LogP) is 5.23. The second-order valence-electron chi connectivity index (χ2n) is 9.41. The van der Waals surface area contributed by atoms with Gasteiger partial charge in [0, 0.05) is 22.7 Å². The third-order valence-corrected chi connectivity index (χ3v) is 8.23. The van der Waals surface area contributed by atoms with Gasteiger partial charge < -0.3 is 9.46 Å². The van der Waals surface area contributed by atoms with Crippen molar-refractivity contribution in [2.75, 3.05) is 17.1 Å². The van der Waals surface area contributed by atoms with Crippen LogP contribution >= 0.6 is 11.6 Å². The molecular weight excluding hydrogens is 530 g/mol.